The summed E-state index contributed by atoms with van der Waals surface area (Å²) in [7, 11) is -3.91. The number of hydrogen-bond donors (Lipinski definition) is 2. The van der Waals surface area contributed by atoms with Gasteiger partial charge in [0.1, 0.15) is 6.33 Å². The van der Waals surface area contributed by atoms with Crippen LogP contribution in [0.1, 0.15) is 0 Å². The van der Waals surface area contributed by atoms with Gasteiger partial charge in [0.05, 0.1) is 11.9 Å². The molecule has 116 valence electrons. The molecule has 4 aromatic rings. The molecule has 1 aromatic carbocycles. The van der Waals surface area contributed by atoms with Gasteiger partial charge in [-0.15, -0.1) is 10.2 Å². The number of benzene rings is 1. The second kappa shape index (κ2) is 4.91. The molecule has 3 heterocycles. The molecule has 4 rings (SSSR count). The smallest absolute Gasteiger partial charge is 0.278 e. The quantitative estimate of drug-likeness (QED) is 0.560. The molecule has 0 aliphatic rings. The molecule has 0 fully saturated rings. The van der Waals surface area contributed by atoms with Crippen molar-refractivity contribution in [3.8, 4) is 5.69 Å². The number of aromatic amines is 1. The molecule has 0 aliphatic heterocycles. The topological polar surface area (TPSA) is 123 Å². The molecule has 10 nitrogen and oxygen atoms in total. The maximum Gasteiger partial charge on any atom is 0.281 e. The Morgan fingerprint density at radius 2 is 1.91 bits per heavy atom. The number of anilines is 1. The third-order valence-corrected chi connectivity index (χ3v) is 4.43. The van der Waals surface area contributed by atoms with E-state index in [2.05, 4.69) is 30.1 Å². The molecule has 2 N–H and O–H groups in total. The second-order valence-corrected chi connectivity index (χ2v) is 6.20. The summed E-state index contributed by atoms with van der Waals surface area (Å²) in [6, 6.07) is 10.4. The van der Waals surface area contributed by atoms with E-state index in [4.69, 9.17) is 0 Å². The molecular weight excluding hydrogens is 320 g/mol. The fourth-order valence-corrected chi connectivity index (χ4v) is 3.22. The fourth-order valence-electron chi connectivity index (χ4n) is 2.12. The van der Waals surface area contributed by atoms with Crippen LogP contribution >= 0.6 is 0 Å². The normalized spacial score (nSPS) is 11.8. The summed E-state index contributed by atoms with van der Waals surface area (Å²) < 4.78 is 30.3. The third-order valence-electron chi connectivity index (χ3n) is 3.12. The fraction of sp³-hybridized carbons (Fsp3) is 0. The first-order valence-corrected chi connectivity index (χ1v) is 8.00. The molecule has 3 aromatic heterocycles. The van der Waals surface area contributed by atoms with Crippen LogP contribution in [-0.2, 0) is 10.0 Å². The van der Waals surface area contributed by atoms with Crippen LogP contribution in [0.3, 0.4) is 0 Å². The number of rotatable bonds is 4. The van der Waals surface area contributed by atoms with Gasteiger partial charge in [-0.25, -0.2) is 9.40 Å². The Balaban J connectivity index is 1.76. The molecule has 0 unspecified atom stereocenters. The van der Waals surface area contributed by atoms with E-state index in [0.29, 0.717) is 5.69 Å². The minimum absolute atomic E-state index is 0.0123. The largest absolute Gasteiger partial charge is 0.281 e. The van der Waals surface area contributed by atoms with Crippen molar-refractivity contribution < 1.29 is 8.42 Å². The lowest BCUT2D eigenvalue weighted by atomic mass is 10.3. The first-order chi connectivity index (χ1) is 11.1. The van der Waals surface area contributed by atoms with E-state index in [1.807, 2.05) is 6.07 Å². The van der Waals surface area contributed by atoms with E-state index < -0.39 is 10.0 Å². The maximum atomic E-state index is 12.6. The first-order valence-electron chi connectivity index (χ1n) is 6.52. The van der Waals surface area contributed by atoms with Gasteiger partial charge in [0, 0.05) is 0 Å². The molecule has 0 saturated heterocycles. The summed E-state index contributed by atoms with van der Waals surface area (Å²) in [5.74, 6) is 0.276. The lowest BCUT2D eigenvalue weighted by molar-refractivity contribution is 0.590. The molecule has 0 aliphatic carbocycles. The standard InChI is InChI=1S/C12H10N8O2S/c21-23(22,18-12-17-16-11-13-8-15-20(11)12)10-6-7-14-19(10)9-4-2-1-3-5-9/h1-8H,(H,17,18)(H,13,15,16). The van der Waals surface area contributed by atoms with Gasteiger partial charge in [-0.2, -0.15) is 23.0 Å². The Kier molecular flexibility index (Phi) is 2.87. The molecule has 0 atom stereocenters. The van der Waals surface area contributed by atoms with Crippen LogP contribution in [0.15, 0.2) is 53.9 Å². The van der Waals surface area contributed by atoms with Crippen LogP contribution in [0.4, 0.5) is 5.95 Å². The van der Waals surface area contributed by atoms with Gasteiger partial charge in [-0.3, -0.25) is 5.10 Å². The predicted molar refractivity (Wildman–Crippen MR) is 79.5 cm³/mol. The summed E-state index contributed by atoms with van der Waals surface area (Å²) >= 11 is 0. The van der Waals surface area contributed by atoms with E-state index in [1.165, 1.54) is 27.8 Å². The van der Waals surface area contributed by atoms with E-state index in [1.54, 1.807) is 24.3 Å². The van der Waals surface area contributed by atoms with Crippen molar-refractivity contribution in [3.63, 3.8) is 0 Å². The highest BCUT2D eigenvalue weighted by Gasteiger charge is 2.23. The molecule has 11 heteroatoms. The van der Waals surface area contributed by atoms with Crippen LogP contribution in [0.25, 0.3) is 11.5 Å². The molecule has 0 bridgehead atoms. The number of fused-ring (bicyclic) bond motifs is 1. The number of sulfonamides is 1. The Bertz CT molecular complexity index is 1060. The lowest BCUT2D eigenvalue weighted by Crippen LogP contribution is -2.19. The number of H-pyrrole nitrogens is 1. The summed E-state index contributed by atoms with van der Waals surface area (Å²) in [6.45, 7) is 0. The monoisotopic (exact) mass is 330 g/mol. The lowest BCUT2D eigenvalue weighted by Gasteiger charge is -2.08. The number of nitrogens with one attached hydrogen (secondary N) is 2. The zero-order valence-corrected chi connectivity index (χ0v) is 12.3. The Hall–Kier alpha value is -3.21. The average molecular weight is 330 g/mol. The van der Waals surface area contributed by atoms with Crippen LogP contribution in [0.5, 0.6) is 0 Å². The van der Waals surface area contributed by atoms with Crippen molar-refractivity contribution >= 4 is 21.7 Å². The molecule has 0 saturated carbocycles. The van der Waals surface area contributed by atoms with E-state index in [-0.39, 0.29) is 16.8 Å². The minimum atomic E-state index is -3.91. The van der Waals surface area contributed by atoms with Crippen molar-refractivity contribution in [2.75, 3.05) is 4.72 Å². The Morgan fingerprint density at radius 1 is 1.09 bits per heavy atom. The van der Waals surface area contributed by atoms with Gasteiger partial charge in [-0.05, 0) is 18.2 Å². The van der Waals surface area contributed by atoms with Gasteiger partial charge in [0.25, 0.3) is 21.7 Å². The Labute approximate surface area is 129 Å². The zero-order valence-electron chi connectivity index (χ0n) is 11.5. The number of para-hydroxylation sites is 1. The zero-order chi connectivity index (χ0) is 15.9. The van der Waals surface area contributed by atoms with Crippen LogP contribution in [0.2, 0.25) is 0 Å². The van der Waals surface area contributed by atoms with Gasteiger partial charge < -0.3 is 0 Å². The maximum absolute atomic E-state index is 12.6. The van der Waals surface area contributed by atoms with Crippen LogP contribution < -0.4 is 4.72 Å². The second-order valence-electron chi connectivity index (χ2n) is 4.57. The Morgan fingerprint density at radius 3 is 2.74 bits per heavy atom. The van der Waals surface area contributed by atoms with Crippen LogP contribution in [0, 0.1) is 0 Å². The first kappa shape index (κ1) is 13.5. The van der Waals surface area contributed by atoms with E-state index >= 15 is 0 Å². The van der Waals surface area contributed by atoms with Gasteiger partial charge in [0.2, 0.25) is 0 Å². The SMILES string of the molecule is O=S(=O)(Nc1nnc2nc[nH]n12)c1ccnn1-c1ccccc1. The van der Waals surface area contributed by atoms with E-state index in [9.17, 15) is 8.42 Å². The van der Waals surface area contributed by atoms with Gasteiger partial charge >= 0.3 is 0 Å². The van der Waals surface area contributed by atoms with Crippen molar-refractivity contribution in [2.24, 2.45) is 0 Å². The molecule has 0 amide bonds. The van der Waals surface area contributed by atoms with Crippen molar-refractivity contribution in [1.29, 1.82) is 0 Å². The highest BCUT2D eigenvalue weighted by atomic mass is 32.2. The van der Waals surface area contributed by atoms with Crippen molar-refractivity contribution in [2.45, 2.75) is 5.03 Å². The van der Waals surface area contributed by atoms with Crippen molar-refractivity contribution in [3.05, 3.63) is 48.9 Å². The van der Waals surface area contributed by atoms with Gasteiger partial charge in [0.15, 0.2) is 5.03 Å². The molecule has 23 heavy (non-hydrogen) atoms. The van der Waals surface area contributed by atoms with E-state index in [0.717, 1.165) is 0 Å². The summed E-state index contributed by atoms with van der Waals surface area (Å²) in [5, 5.41) is 14.3. The molecule has 0 spiro atoms. The van der Waals surface area contributed by atoms with Crippen LogP contribution in [-0.4, -0.2) is 43.0 Å². The molecular formula is C12H10N8O2S. The highest BCUT2D eigenvalue weighted by molar-refractivity contribution is 7.92. The third kappa shape index (κ3) is 2.23. The minimum Gasteiger partial charge on any atom is -0.278 e. The number of hydrogen-bond acceptors (Lipinski definition) is 6. The summed E-state index contributed by atoms with van der Waals surface area (Å²) in [5.41, 5.74) is 0.630. The predicted octanol–water partition coefficient (Wildman–Crippen LogP) is 0.439. The molecule has 0 radical (unpaired) electrons. The van der Waals surface area contributed by atoms with Crippen molar-refractivity contribution in [1.82, 2.24) is 34.6 Å². The van der Waals surface area contributed by atoms with Gasteiger partial charge in [-0.1, -0.05) is 18.2 Å². The number of nitrogens with zero attached hydrogens (tertiary/aromatic N) is 6. The summed E-state index contributed by atoms with van der Waals surface area (Å²) in [6.07, 6.45) is 2.80. The summed E-state index contributed by atoms with van der Waals surface area (Å²) in [4.78, 5) is 3.88. The number of aromatic nitrogens is 7. The average Bonchev–Trinajstić information content (AvgIpc) is 3.25. The highest BCUT2D eigenvalue weighted by Crippen LogP contribution is 2.17.